The lowest BCUT2D eigenvalue weighted by atomic mass is 9.93. The Labute approximate surface area is 181 Å². The van der Waals surface area contributed by atoms with Gasteiger partial charge in [-0.15, -0.1) is 0 Å². The van der Waals surface area contributed by atoms with E-state index in [4.69, 9.17) is 5.73 Å². The summed E-state index contributed by atoms with van der Waals surface area (Å²) >= 11 is 0. The molecule has 2 heteroatoms. The Morgan fingerprint density at radius 1 is 0.967 bits per heavy atom. The lowest BCUT2D eigenvalue weighted by Gasteiger charge is -2.15. The summed E-state index contributed by atoms with van der Waals surface area (Å²) < 4.78 is 0. The summed E-state index contributed by atoms with van der Waals surface area (Å²) in [7, 11) is 1.99. The molecule has 0 aliphatic heterocycles. The van der Waals surface area contributed by atoms with Crippen molar-refractivity contribution in [1.82, 2.24) is 5.32 Å². The van der Waals surface area contributed by atoms with Crippen LogP contribution in [0.5, 0.6) is 0 Å². The molecule has 0 saturated carbocycles. The molecule has 1 atom stereocenters. The van der Waals surface area contributed by atoms with Gasteiger partial charge in [0.25, 0.3) is 0 Å². The minimum Gasteiger partial charge on any atom is -0.405 e. The monoisotopic (exact) mass is 396 g/mol. The normalized spacial score (nSPS) is 15.9. The molecule has 2 nitrogen and oxygen atoms in total. The molecular formula is C28H32N2. The van der Waals surface area contributed by atoms with Crippen LogP contribution in [0.3, 0.4) is 0 Å². The van der Waals surface area contributed by atoms with E-state index < -0.39 is 0 Å². The van der Waals surface area contributed by atoms with E-state index in [1.807, 2.05) is 19.2 Å². The van der Waals surface area contributed by atoms with Gasteiger partial charge in [0.05, 0.1) is 0 Å². The third-order valence-electron chi connectivity index (χ3n) is 5.56. The second kappa shape index (κ2) is 10.5. The van der Waals surface area contributed by atoms with Gasteiger partial charge in [-0.3, -0.25) is 0 Å². The maximum absolute atomic E-state index is 5.42. The van der Waals surface area contributed by atoms with Crippen LogP contribution in [0.25, 0.3) is 22.4 Å². The van der Waals surface area contributed by atoms with Crippen molar-refractivity contribution in [3.8, 4) is 11.1 Å². The van der Waals surface area contributed by atoms with Crippen molar-refractivity contribution < 1.29 is 0 Å². The summed E-state index contributed by atoms with van der Waals surface area (Å²) in [4.78, 5) is 0. The van der Waals surface area contributed by atoms with Crippen LogP contribution in [0.2, 0.25) is 0 Å². The Hall–Kier alpha value is -3.26. The summed E-state index contributed by atoms with van der Waals surface area (Å²) in [5, 5.41) is 3.37. The van der Waals surface area contributed by atoms with Crippen LogP contribution in [-0.2, 0) is 0 Å². The molecule has 154 valence electrons. The van der Waals surface area contributed by atoms with Gasteiger partial charge in [0, 0.05) is 18.7 Å². The average Bonchev–Trinajstić information content (AvgIpc) is 2.81. The fourth-order valence-electron chi connectivity index (χ4n) is 3.71. The molecule has 0 aromatic heterocycles. The average molecular weight is 397 g/mol. The molecule has 0 saturated heterocycles. The Bertz CT molecular complexity index is 984. The molecule has 0 fully saturated rings. The van der Waals surface area contributed by atoms with Gasteiger partial charge in [-0.2, -0.15) is 0 Å². The van der Waals surface area contributed by atoms with Crippen molar-refractivity contribution in [3.05, 3.63) is 108 Å². The highest BCUT2D eigenvalue weighted by Gasteiger charge is 2.09. The molecule has 1 aliphatic rings. The number of rotatable bonds is 7. The lowest BCUT2D eigenvalue weighted by Crippen LogP contribution is -2.07. The van der Waals surface area contributed by atoms with Crippen LogP contribution in [0.1, 0.15) is 37.8 Å². The van der Waals surface area contributed by atoms with Crippen LogP contribution in [0.15, 0.2) is 96.8 Å². The first-order valence-corrected chi connectivity index (χ1v) is 10.6. The summed E-state index contributed by atoms with van der Waals surface area (Å²) in [6.07, 6.45) is 16.9. The highest BCUT2D eigenvalue weighted by molar-refractivity contribution is 5.72. The summed E-state index contributed by atoms with van der Waals surface area (Å²) in [5.74, 6) is 0.390. The van der Waals surface area contributed by atoms with Gasteiger partial charge >= 0.3 is 0 Å². The first kappa shape index (κ1) is 21.4. The van der Waals surface area contributed by atoms with Gasteiger partial charge in [0.15, 0.2) is 0 Å². The minimum atomic E-state index is 0.390. The molecule has 1 aliphatic carbocycles. The Balaban J connectivity index is 1.77. The van der Waals surface area contributed by atoms with E-state index in [0.717, 1.165) is 18.5 Å². The van der Waals surface area contributed by atoms with Crippen LogP contribution < -0.4 is 11.1 Å². The van der Waals surface area contributed by atoms with Gasteiger partial charge in [-0.05, 0) is 65.4 Å². The van der Waals surface area contributed by atoms with Gasteiger partial charge in [-0.1, -0.05) is 85.8 Å². The number of nitrogens with two attached hydrogens (primary N) is 1. The summed E-state index contributed by atoms with van der Waals surface area (Å²) in [5.41, 5.74) is 14.0. The molecule has 2 aromatic rings. The van der Waals surface area contributed by atoms with Crippen molar-refractivity contribution in [2.45, 2.75) is 26.7 Å². The number of hydrogen-bond acceptors (Lipinski definition) is 2. The van der Waals surface area contributed by atoms with E-state index in [1.165, 1.54) is 33.4 Å². The standard InChI is InChI=1S/C28H32N2/c1-21(8-7-19-29)24-11-13-25(14-12-24)26-15-17-27(18-16-26)28(30-3)20-22(2)23-9-5-4-6-10-23/h5,7-20,22,30H,4,6,29H2,1-3H3/b19-7-,21-8+,28-20-/t22-/m0/s1. The van der Waals surface area contributed by atoms with Crippen LogP contribution in [-0.4, -0.2) is 7.05 Å². The summed E-state index contributed by atoms with van der Waals surface area (Å²) in [6.45, 7) is 4.35. The molecule has 0 heterocycles. The van der Waals surface area contributed by atoms with E-state index in [-0.39, 0.29) is 0 Å². The number of hydrogen-bond donors (Lipinski definition) is 2. The lowest BCUT2D eigenvalue weighted by molar-refractivity contribution is 0.852. The van der Waals surface area contributed by atoms with Gasteiger partial charge in [-0.25, -0.2) is 0 Å². The Morgan fingerprint density at radius 2 is 1.60 bits per heavy atom. The topological polar surface area (TPSA) is 38.0 Å². The van der Waals surface area contributed by atoms with E-state index in [2.05, 4.69) is 92.0 Å². The minimum absolute atomic E-state index is 0.390. The zero-order valence-electron chi connectivity index (χ0n) is 18.2. The number of allylic oxidation sites excluding steroid dienone is 8. The fourth-order valence-corrected chi connectivity index (χ4v) is 3.71. The summed E-state index contributed by atoms with van der Waals surface area (Å²) in [6, 6.07) is 17.4. The van der Waals surface area contributed by atoms with Crippen LogP contribution in [0, 0.1) is 5.92 Å². The molecule has 30 heavy (non-hydrogen) atoms. The van der Waals surface area contributed by atoms with Crippen molar-refractivity contribution in [2.75, 3.05) is 7.05 Å². The van der Waals surface area contributed by atoms with E-state index in [0.29, 0.717) is 5.92 Å². The number of nitrogens with one attached hydrogen (secondary N) is 1. The highest BCUT2D eigenvalue weighted by atomic mass is 14.8. The zero-order valence-corrected chi connectivity index (χ0v) is 18.2. The largest absolute Gasteiger partial charge is 0.405 e. The maximum atomic E-state index is 5.42. The van der Waals surface area contributed by atoms with Gasteiger partial charge in [0.2, 0.25) is 0 Å². The molecular weight excluding hydrogens is 364 g/mol. The van der Waals surface area contributed by atoms with Crippen molar-refractivity contribution in [1.29, 1.82) is 0 Å². The molecule has 2 aromatic carbocycles. The molecule has 3 N–H and O–H groups in total. The van der Waals surface area contributed by atoms with Crippen molar-refractivity contribution in [2.24, 2.45) is 11.7 Å². The Morgan fingerprint density at radius 3 is 2.13 bits per heavy atom. The molecule has 0 amide bonds. The smallest absolute Gasteiger partial charge is 0.0376 e. The zero-order chi connectivity index (χ0) is 21.3. The van der Waals surface area contributed by atoms with Gasteiger partial charge in [0.1, 0.15) is 0 Å². The third-order valence-corrected chi connectivity index (χ3v) is 5.56. The van der Waals surface area contributed by atoms with E-state index in [9.17, 15) is 0 Å². The van der Waals surface area contributed by atoms with Crippen molar-refractivity contribution in [3.63, 3.8) is 0 Å². The second-order valence-electron chi connectivity index (χ2n) is 7.69. The first-order chi connectivity index (χ1) is 14.6. The predicted octanol–water partition coefficient (Wildman–Crippen LogP) is 6.70. The van der Waals surface area contributed by atoms with E-state index in [1.54, 1.807) is 6.20 Å². The molecule has 0 spiro atoms. The maximum Gasteiger partial charge on any atom is 0.0376 e. The molecule has 0 radical (unpaired) electrons. The van der Waals surface area contributed by atoms with Crippen LogP contribution >= 0.6 is 0 Å². The van der Waals surface area contributed by atoms with Crippen molar-refractivity contribution >= 4 is 11.3 Å². The molecule has 0 unspecified atom stereocenters. The quantitative estimate of drug-likeness (QED) is 0.511. The second-order valence-corrected chi connectivity index (χ2v) is 7.69. The molecule has 3 rings (SSSR count). The van der Waals surface area contributed by atoms with Gasteiger partial charge < -0.3 is 11.1 Å². The molecule has 0 bridgehead atoms. The third kappa shape index (κ3) is 5.42. The fraction of sp³-hybridized carbons (Fsp3) is 0.214. The van der Waals surface area contributed by atoms with E-state index >= 15 is 0 Å². The van der Waals surface area contributed by atoms with Crippen LogP contribution in [0.4, 0.5) is 0 Å². The first-order valence-electron chi connectivity index (χ1n) is 10.6. The SMILES string of the molecule is CN/C(=C\[C@H](C)C1=CCCC=C1)c1ccc(-c2ccc(/C(C)=C/C=C\N)cc2)cc1. The predicted molar refractivity (Wildman–Crippen MR) is 132 cm³/mol. The number of benzene rings is 2. The Kier molecular flexibility index (Phi) is 7.51. The highest BCUT2D eigenvalue weighted by Crippen LogP contribution is 2.26.